The Balaban J connectivity index is 2.05. The van der Waals surface area contributed by atoms with E-state index < -0.39 is 17.9 Å². The van der Waals surface area contributed by atoms with Gasteiger partial charge in [-0.25, -0.2) is 8.78 Å². The average molecular weight is 219 g/mol. The molecule has 5 heteroatoms. The van der Waals surface area contributed by atoms with Gasteiger partial charge in [0.25, 0.3) is 5.92 Å². The molecule has 1 aliphatic carbocycles. The molecular formula is C10H15F2NO2. The maximum absolute atomic E-state index is 13.3. The first-order valence-electron chi connectivity index (χ1n) is 5.34. The SMILES string of the molecule is CCOC(=O)[C@H]1NC[C@@H]2[C@H]1CCC2(F)F. The number of hydrogen-bond acceptors (Lipinski definition) is 3. The number of carbonyl (C=O) groups excluding carboxylic acids is 1. The number of halogens is 2. The lowest BCUT2D eigenvalue weighted by Gasteiger charge is -2.17. The van der Waals surface area contributed by atoms with Crippen molar-refractivity contribution in [3.8, 4) is 0 Å². The molecule has 2 fully saturated rings. The molecule has 3 atom stereocenters. The smallest absolute Gasteiger partial charge is 0.323 e. The fourth-order valence-electron chi connectivity index (χ4n) is 2.65. The summed E-state index contributed by atoms with van der Waals surface area (Å²) in [5, 5.41) is 2.84. The minimum Gasteiger partial charge on any atom is -0.465 e. The molecule has 2 aliphatic rings. The van der Waals surface area contributed by atoms with Gasteiger partial charge in [0.1, 0.15) is 6.04 Å². The molecule has 1 N–H and O–H groups in total. The third-order valence-corrected chi connectivity index (χ3v) is 3.40. The van der Waals surface area contributed by atoms with Crippen LogP contribution in [0.3, 0.4) is 0 Å². The Labute approximate surface area is 87.2 Å². The highest BCUT2D eigenvalue weighted by Gasteiger charge is 2.57. The van der Waals surface area contributed by atoms with Crippen LogP contribution >= 0.6 is 0 Å². The predicted molar refractivity (Wildman–Crippen MR) is 49.6 cm³/mol. The summed E-state index contributed by atoms with van der Waals surface area (Å²) in [5.74, 6) is -3.94. The summed E-state index contributed by atoms with van der Waals surface area (Å²) in [4.78, 5) is 11.5. The Morgan fingerprint density at radius 2 is 2.33 bits per heavy atom. The zero-order valence-electron chi connectivity index (χ0n) is 8.63. The molecular weight excluding hydrogens is 204 g/mol. The van der Waals surface area contributed by atoms with Crippen LogP contribution in [0.1, 0.15) is 19.8 Å². The van der Waals surface area contributed by atoms with Gasteiger partial charge in [-0.1, -0.05) is 0 Å². The highest BCUT2D eigenvalue weighted by Crippen LogP contribution is 2.48. The monoisotopic (exact) mass is 219 g/mol. The number of carbonyl (C=O) groups is 1. The average Bonchev–Trinajstić information content (AvgIpc) is 2.69. The molecule has 2 rings (SSSR count). The van der Waals surface area contributed by atoms with Crippen LogP contribution in [-0.2, 0) is 9.53 Å². The maximum atomic E-state index is 13.3. The summed E-state index contributed by atoms with van der Waals surface area (Å²) in [6.45, 7) is 2.24. The molecule has 0 amide bonds. The molecule has 1 aliphatic heterocycles. The van der Waals surface area contributed by atoms with Crippen LogP contribution in [0.15, 0.2) is 0 Å². The minimum absolute atomic E-state index is 0.0973. The number of alkyl halides is 2. The normalized spacial score (nSPS) is 37.7. The van der Waals surface area contributed by atoms with Crippen molar-refractivity contribution in [2.75, 3.05) is 13.2 Å². The van der Waals surface area contributed by atoms with Crippen LogP contribution < -0.4 is 5.32 Å². The van der Waals surface area contributed by atoms with E-state index in [1.807, 2.05) is 0 Å². The summed E-state index contributed by atoms with van der Waals surface area (Å²) < 4.78 is 31.5. The number of esters is 1. The highest BCUT2D eigenvalue weighted by molar-refractivity contribution is 5.76. The summed E-state index contributed by atoms with van der Waals surface area (Å²) in [5.41, 5.74) is 0. The molecule has 15 heavy (non-hydrogen) atoms. The van der Waals surface area contributed by atoms with Crippen molar-refractivity contribution in [2.24, 2.45) is 11.8 Å². The van der Waals surface area contributed by atoms with E-state index in [0.717, 1.165) is 0 Å². The van der Waals surface area contributed by atoms with Gasteiger partial charge in [0.05, 0.1) is 6.61 Å². The molecule has 0 spiro atoms. The zero-order valence-corrected chi connectivity index (χ0v) is 8.63. The number of ether oxygens (including phenoxy) is 1. The van der Waals surface area contributed by atoms with Gasteiger partial charge >= 0.3 is 5.97 Å². The van der Waals surface area contributed by atoms with Crippen molar-refractivity contribution in [2.45, 2.75) is 31.7 Å². The fraction of sp³-hybridized carbons (Fsp3) is 0.900. The summed E-state index contributed by atoms with van der Waals surface area (Å²) in [6, 6.07) is -0.525. The van der Waals surface area contributed by atoms with Crippen LogP contribution in [-0.4, -0.2) is 31.1 Å². The Bertz CT molecular complexity index is 270. The van der Waals surface area contributed by atoms with Crippen LogP contribution in [0.5, 0.6) is 0 Å². The fourth-order valence-corrected chi connectivity index (χ4v) is 2.65. The lowest BCUT2D eigenvalue weighted by molar-refractivity contribution is -0.146. The lowest BCUT2D eigenvalue weighted by Crippen LogP contribution is -2.37. The van der Waals surface area contributed by atoms with E-state index in [4.69, 9.17) is 4.74 Å². The molecule has 0 unspecified atom stereocenters. The second kappa shape index (κ2) is 3.70. The quantitative estimate of drug-likeness (QED) is 0.709. The van der Waals surface area contributed by atoms with E-state index >= 15 is 0 Å². The first kappa shape index (κ1) is 10.8. The number of fused-ring (bicyclic) bond motifs is 1. The van der Waals surface area contributed by atoms with Crippen molar-refractivity contribution in [3.05, 3.63) is 0 Å². The Morgan fingerprint density at radius 1 is 1.60 bits per heavy atom. The molecule has 1 heterocycles. The Kier molecular flexibility index (Phi) is 2.66. The number of hydrogen-bond donors (Lipinski definition) is 1. The van der Waals surface area contributed by atoms with E-state index in [-0.39, 0.29) is 24.9 Å². The van der Waals surface area contributed by atoms with Crippen molar-refractivity contribution in [3.63, 3.8) is 0 Å². The van der Waals surface area contributed by atoms with E-state index in [1.165, 1.54) is 0 Å². The predicted octanol–water partition coefficient (Wildman–Crippen LogP) is 1.18. The molecule has 1 saturated carbocycles. The van der Waals surface area contributed by atoms with Gasteiger partial charge in [0.2, 0.25) is 0 Å². The molecule has 86 valence electrons. The molecule has 0 aromatic heterocycles. The molecule has 0 aromatic carbocycles. The Hall–Kier alpha value is -0.710. The van der Waals surface area contributed by atoms with Crippen LogP contribution in [0, 0.1) is 11.8 Å². The topological polar surface area (TPSA) is 38.3 Å². The third-order valence-electron chi connectivity index (χ3n) is 3.40. The summed E-state index contributed by atoms with van der Waals surface area (Å²) in [7, 11) is 0. The molecule has 0 bridgehead atoms. The van der Waals surface area contributed by atoms with Gasteiger partial charge in [0, 0.05) is 18.9 Å². The van der Waals surface area contributed by atoms with Crippen LogP contribution in [0.4, 0.5) is 8.78 Å². The van der Waals surface area contributed by atoms with Crippen molar-refractivity contribution < 1.29 is 18.3 Å². The lowest BCUT2D eigenvalue weighted by atomic mass is 9.93. The molecule has 0 radical (unpaired) electrons. The maximum Gasteiger partial charge on any atom is 0.323 e. The second-order valence-electron chi connectivity index (χ2n) is 4.21. The summed E-state index contributed by atoms with van der Waals surface area (Å²) >= 11 is 0. The van der Waals surface area contributed by atoms with Gasteiger partial charge in [0.15, 0.2) is 0 Å². The largest absolute Gasteiger partial charge is 0.465 e. The first-order chi connectivity index (χ1) is 7.06. The van der Waals surface area contributed by atoms with Gasteiger partial charge in [-0.3, -0.25) is 4.79 Å². The molecule has 0 aromatic rings. The number of rotatable bonds is 2. The van der Waals surface area contributed by atoms with Crippen LogP contribution in [0.25, 0.3) is 0 Å². The van der Waals surface area contributed by atoms with Crippen molar-refractivity contribution in [1.29, 1.82) is 0 Å². The van der Waals surface area contributed by atoms with Gasteiger partial charge in [-0.2, -0.15) is 0 Å². The van der Waals surface area contributed by atoms with E-state index in [2.05, 4.69) is 5.32 Å². The second-order valence-corrected chi connectivity index (χ2v) is 4.21. The van der Waals surface area contributed by atoms with E-state index in [0.29, 0.717) is 13.0 Å². The van der Waals surface area contributed by atoms with Crippen molar-refractivity contribution >= 4 is 5.97 Å². The third kappa shape index (κ3) is 1.73. The molecule has 3 nitrogen and oxygen atoms in total. The van der Waals surface area contributed by atoms with Gasteiger partial charge < -0.3 is 10.1 Å². The van der Waals surface area contributed by atoms with Gasteiger partial charge in [-0.05, 0) is 19.3 Å². The standard InChI is InChI=1S/C10H15F2NO2/c1-2-15-9(14)8-6-3-4-10(11,12)7(6)5-13-8/h6-8,13H,2-5H2,1H3/t6-,7-,8+/m1/s1. The zero-order chi connectivity index (χ0) is 11.1. The van der Waals surface area contributed by atoms with E-state index in [1.54, 1.807) is 6.92 Å². The Morgan fingerprint density at radius 3 is 3.00 bits per heavy atom. The first-order valence-corrected chi connectivity index (χ1v) is 5.34. The highest BCUT2D eigenvalue weighted by atomic mass is 19.3. The van der Waals surface area contributed by atoms with E-state index in [9.17, 15) is 13.6 Å². The number of nitrogens with one attached hydrogen (secondary N) is 1. The van der Waals surface area contributed by atoms with Gasteiger partial charge in [-0.15, -0.1) is 0 Å². The minimum atomic E-state index is -2.61. The van der Waals surface area contributed by atoms with Crippen LogP contribution in [0.2, 0.25) is 0 Å². The molecule has 1 saturated heterocycles. The van der Waals surface area contributed by atoms with Crippen molar-refractivity contribution in [1.82, 2.24) is 5.32 Å². The summed E-state index contributed by atoms with van der Waals surface area (Å²) in [6.07, 6.45) is 0.314.